The summed E-state index contributed by atoms with van der Waals surface area (Å²) in [7, 11) is 0. The van der Waals surface area contributed by atoms with Crippen molar-refractivity contribution in [2.24, 2.45) is 0 Å². The molecule has 0 N–H and O–H groups in total. The maximum Gasteiger partial charge on any atom is 0.418 e. The zero-order valence-electron chi connectivity index (χ0n) is 5.97. The van der Waals surface area contributed by atoms with E-state index in [2.05, 4.69) is 22.1 Å². The minimum atomic E-state index is -4.51. The van der Waals surface area contributed by atoms with Crippen LogP contribution >= 0.6 is 24.5 Å². The van der Waals surface area contributed by atoms with E-state index in [1.54, 1.807) is 0 Å². The fraction of sp³-hybridized carbons (Fsp3) is 0.167. The number of hydrogen-bond donors (Lipinski definition) is 1. The topological polar surface area (TPSA) is 22.1 Å². The van der Waals surface area contributed by atoms with Gasteiger partial charge in [-0.25, -0.2) is 4.98 Å². The first-order valence-electron chi connectivity index (χ1n) is 2.99. The summed E-state index contributed by atoms with van der Waals surface area (Å²) in [5.41, 5.74) is -0.992. The Kier molecular flexibility index (Phi) is 2.92. The summed E-state index contributed by atoms with van der Waals surface area (Å²) >= 11 is 8.59. The van der Waals surface area contributed by atoms with Gasteiger partial charge in [-0.15, -0.1) is 0 Å². The summed E-state index contributed by atoms with van der Waals surface area (Å²) in [6.45, 7) is 0. The quantitative estimate of drug-likeness (QED) is 0.591. The molecule has 0 amide bonds. The van der Waals surface area contributed by atoms with Crippen molar-refractivity contribution in [3.8, 4) is 5.88 Å². The van der Waals surface area contributed by atoms with Crippen molar-refractivity contribution in [2.75, 3.05) is 0 Å². The van der Waals surface area contributed by atoms with Crippen LogP contribution in [0.15, 0.2) is 12.3 Å². The van der Waals surface area contributed by atoms with Crippen LogP contribution < -0.4 is 4.18 Å². The Labute approximate surface area is 82.3 Å². The van der Waals surface area contributed by atoms with Crippen LogP contribution in [0, 0.1) is 0 Å². The van der Waals surface area contributed by atoms with E-state index >= 15 is 0 Å². The lowest BCUT2D eigenvalue weighted by molar-refractivity contribution is -0.137. The minimum Gasteiger partial charge on any atom is -0.409 e. The lowest BCUT2D eigenvalue weighted by Crippen LogP contribution is -2.06. The second-order valence-electron chi connectivity index (χ2n) is 2.09. The molecule has 13 heavy (non-hydrogen) atoms. The van der Waals surface area contributed by atoms with Crippen LogP contribution in [0.3, 0.4) is 0 Å². The molecule has 0 bridgehead atoms. The Morgan fingerprint density at radius 3 is 2.54 bits per heavy atom. The van der Waals surface area contributed by atoms with Gasteiger partial charge in [-0.2, -0.15) is 13.2 Å². The van der Waals surface area contributed by atoms with Gasteiger partial charge in [-0.05, 0) is 0 Å². The van der Waals surface area contributed by atoms with Crippen LogP contribution in [0.1, 0.15) is 5.56 Å². The van der Waals surface area contributed by atoms with E-state index in [0.717, 1.165) is 6.20 Å². The van der Waals surface area contributed by atoms with Crippen LogP contribution in [-0.4, -0.2) is 4.98 Å². The van der Waals surface area contributed by atoms with Crippen LogP contribution in [0.5, 0.6) is 5.88 Å². The molecule has 1 aromatic heterocycles. The highest BCUT2D eigenvalue weighted by molar-refractivity contribution is 7.75. The van der Waals surface area contributed by atoms with E-state index in [9.17, 15) is 13.2 Å². The molecule has 2 nitrogen and oxygen atoms in total. The molecule has 0 aliphatic heterocycles. The smallest absolute Gasteiger partial charge is 0.409 e. The third-order valence-electron chi connectivity index (χ3n) is 1.23. The van der Waals surface area contributed by atoms with Crippen molar-refractivity contribution >= 4 is 24.5 Å². The maximum atomic E-state index is 12.2. The molecular formula is C6H3ClF3NOS. The fourth-order valence-electron chi connectivity index (χ4n) is 0.687. The van der Waals surface area contributed by atoms with E-state index < -0.39 is 16.8 Å². The molecule has 0 aromatic carbocycles. The van der Waals surface area contributed by atoms with Crippen molar-refractivity contribution in [1.82, 2.24) is 4.98 Å². The molecule has 0 radical (unpaired) electrons. The van der Waals surface area contributed by atoms with Crippen molar-refractivity contribution < 1.29 is 17.4 Å². The summed E-state index contributed by atoms with van der Waals surface area (Å²) in [5.74, 6) is -0.250. The molecule has 0 aliphatic rings. The van der Waals surface area contributed by atoms with E-state index in [1.165, 1.54) is 0 Å². The zero-order chi connectivity index (χ0) is 10.1. The number of nitrogens with zero attached hydrogens (tertiary/aromatic N) is 1. The fourth-order valence-corrected chi connectivity index (χ4v) is 0.997. The van der Waals surface area contributed by atoms with Crippen LogP contribution in [-0.2, 0) is 6.18 Å². The van der Waals surface area contributed by atoms with Crippen molar-refractivity contribution in [2.45, 2.75) is 6.18 Å². The number of aromatic nitrogens is 1. The maximum absolute atomic E-state index is 12.2. The number of thiol groups is 1. The van der Waals surface area contributed by atoms with Gasteiger partial charge >= 0.3 is 6.18 Å². The molecule has 0 spiro atoms. The highest BCUT2D eigenvalue weighted by Crippen LogP contribution is 2.35. The number of hydrogen-bond acceptors (Lipinski definition) is 3. The van der Waals surface area contributed by atoms with Gasteiger partial charge in [0.15, 0.2) is 0 Å². The average Bonchev–Trinajstić information content (AvgIpc) is 2.03. The molecular weight excluding hydrogens is 227 g/mol. The molecule has 0 atom stereocenters. The standard InChI is InChI=1S/C6H3ClF3NOS/c7-4-2-11-5(12-13)1-3(4)6(8,9)10/h1-2,13H. The molecule has 0 saturated heterocycles. The summed E-state index contributed by atoms with van der Waals surface area (Å²) in [4.78, 5) is 3.44. The largest absolute Gasteiger partial charge is 0.418 e. The summed E-state index contributed by atoms with van der Waals surface area (Å²) in [5, 5.41) is -0.471. The monoisotopic (exact) mass is 229 g/mol. The van der Waals surface area contributed by atoms with Gasteiger partial charge in [-0.1, -0.05) is 11.6 Å². The second-order valence-corrected chi connectivity index (χ2v) is 2.68. The first-order valence-corrected chi connectivity index (χ1v) is 3.73. The third kappa shape index (κ3) is 2.41. The number of alkyl halides is 3. The highest BCUT2D eigenvalue weighted by Gasteiger charge is 2.33. The average molecular weight is 230 g/mol. The first kappa shape index (κ1) is 10.5. The Balaban J connectivity index is 3.19. The highest BCUT2D eigenvalue weighted by atomic mass is 35.5. The van der Waals surface area contributed by atoms with Crippen LogP contribution in [0.25, 0.3) is 0 Å². The molecule has 0 unspecified atom stereocenters. The van der Waals surface area contributed by atoms with Gasteiger partial charge < -0.3 is 4.18 Å². The summed E-state index contributed by atoms with van der Waals surface area (Å²) in [6, 6.07) is 0.676. The van der Waals surface area contributed by atoms with E-state index in [0.29, 0.717) is 6.07 Å². The molecule has 0 saturated carbocycles. The Hall–Kier alpha value is -0.620. The second kappa shape index (κ2) is 3.63. The predicted octanol–water partition coefficient (Wildman–Crippen LogP) is 2.98. The number of pyridine rings is 1. The van der Waals surface area contributed by atoms with Gasteiger partial charge in [0.05, 0.1) is 16.8 Å². The summed E-state index contributed by atoms with van der Waals surface area (Å²) in [6.07, 6.45) is -3.66. The lowest BCUT2D eigenvalue weighted by atomic mass is 10.2. The van der Waals surface area contributed by atoms with Gasteiger partial charge in [0.1, 0.15) is 0 Å². The Morgan fingerprint density at radius 1 is 1.46 bits per heavy atom. The molecule has 72 valence electrons. The van der Waals surface area contributed by atoms with Crippen molar-refractivity contribution in [3.63, 3.8) is 0 Å². The zero-order valence-corrected chi connectivity index (χ0v) is 7.62. The molecule has 1 heterocycles. The molecule has 1 aromatic rings. The van der Waals surface area contributed by atoms with Gasteiger partial charge in [-0.3, -0.25) is 0 Å². The number of rotatable bonds is 1. The van der Waals surface area contributed by atoms with Crippen LogP contribution in [0.2, 0.25) is 5.02 Å². The van der Waals surface area contributed by atoms with Crippen LogP contribution in [0.4, 0.5) is 13.2 Å². The predicted molar refractivity (Wildman–Crippen MR) is 43.9 cm³/mol. The van der Waals surface area contributed by atoms with Gasteiger partial charge in [0.25, 0.3) is 0 Å². The van der Waals surface area contributed by atoms with Crippen molar-refractivity contribution in [3.05, 3.63) is 22.8 Å². The number of halogens is 4. The molecule has 0 aliphatic carbocycles. The third-order valence-corrected chi connectivity index (χ3v) is 1.72. The minimum absolute atomic E-state index is 0.250. The normalized spacial score (nSPS) is 11.5. The first-order chi connectivity index (χ1) is 5.95. The van der Waals surface area contributed by atoms with Crippen molar-refractivity contribution in [1.29, 1.82) is 0 Å². The van der Waals surface area contributed by atoms with E-state index in [4.69, 9.17) is 11.6 Å². The Bertz CT molecular complexity index is 317. The van der Waals surface area contributed by atoms with Gasteiger partial charge in [0, 0.05) is 19.0 Å². The lowest BCUT2D eigenvalue weighted by Gasteiger charge is -2.08. The van der Waals surface area contributed by atoms with E-state index in [1.807, 2.05) is 0 Å². The SMILES string of the molecule is FC(F)(F)c1cc(OS)ncc1Cl. The van der Waals surface area contributed by atoms with E-state index in [-0.39, 0.29) is 5.88 Å². The Morgan fingerprint density at radius 2 is 2.08 bits per heavy atom. The van der Waals surface area contributed by atoms with Gasteiger partial charge in [0.2, 0.25) is 5.88 Å². The molecule has 7 heteroatoms. The molecule has 0 fully saturated rings. The summed E-state index contributed by atoms with van der Waals surface area (Å²) < 4.78 is 40.7. The molecule has 1 rings (SSSR count).